The SMILES string of the molecule is COc1ccc(CC(=O)N2CCCC(n3ccnc3)C2)cc1OC. The first-order valence-electron chi connectivity index (χ1n) is 8.17. The molecule has 1 aromatic heterocycles. The first kappa shape index (κ1) is 16.4. The molecule has 1 saturated heterocycles. The number of hydrogen-bond donors (Lipinski definition) is 0. The van der Waals surface area contributed by atoms with E-state index in [0.29, 0.717) is 24.0 Å². The molecule has 2 aromatic rings. The first-order chi connectivity index (χ1) is 11.7. The molecule has 0 spiro atoms. The average Bonchev–Trinajstić information content (AvgIpc) is 3.16. The Morgan fingerprint density at radius 2 is 2.12 bits per heavy atom. The van der Waals surface area contributed by atoms with Crippen molar-refractivity contribution in [1.82, 2.24) is 14.5 Å². The molecule has 0 aliphatic carbocycles. The van der Waals surface area contributed by atoms with Gasteiger partial charge in [0, 0.05) is 25.5 Å². The number of hydrogen-bond acceptors (Lipinski definition) is 4. The van der Waals surface area contributed by atoms with Crippen LogP contribution in [-0.2, 0) is 11.2 Å². The molecule has 0 radical (unpaired) electrons. The number of piperidine rings is 1. The Balaban J connectivity index is 1.66. The zero-order chi connectivity index (χ0) is 16.9. The number of imidazole rings is 1. The summed E-state index contributed by atoms with van der Waals surface area (Å²) in [5.74, 6) is 1.47. The molecule has 1 unspecified atom stereocenters. The fraction of sp³-hybridized carbons (Fsp3) is 0.444. The van der Waals surface area contributed by atoms with Crippen LogP contribution in [0.2, 0.25) is 0 Å². The lowest BCUT2D eigenvalue weighted by atomic mass is 10.0. The monoisotopic (exact) mass is 329 g/mol. The van der Waals surface area contributed by atoms with E-state index in [0.717, 1.165) is 31.5 Å². The quantitative estimate of drug-likeness (QED) is 0.845. The summed E-state index contributed by atoms with van der Waals surface area (Å²) >= 11 is 0. The lowest BCUT2D eigenvalue weighted by Gasteiger charge is -2.33. The van der Waals surface area contributed by atoms with Gasteiger partial charge in [-0.25, -0.2) is 4.98 Å². The molecule has 1 aliphatic rings. The van der Waals surface area contributed by atoms with Gasteiger partial charge in [0.05, 0.1) is 33.0 Å². The number of amides is 1. The van der Waals surface area contributed by atoms with Crippen molar-refractivity contribution in [3.63, 3.8) is 0 Å². The number of methoxy groups -OCH3 is 2. The standard InChI is InChI=1S/C18H23N3O3/c1-23-16-6-5-14(10-17(16)24-2)11-18(22)20-8-3-4-15(12-20)21-9-7-19-13-21/h5-7,9-10,13,15H,3-4,8,11-12H2,1-2H3. The molecule has 1 aromatic carbocycles. The fourth-order valence-electron chi connectivity index (χ4n) is 3.19. The van der Waals surface area contributed by atoms with Crippen LogP contribution in [0, 0.1) is 0 Å². The molecule has 1 atom stereocenters. The van der Waals surface area contributed by atoms with E-state index in [4.69, 9.17) is 9.47 Å². The van der Waals surface area contributed by atoms with E-state index < -0.39 is 0 Å². The van der Waals surface area contributed by atoms with Crippen LogP contribution in [0.4, 0.5) is 0 Å². The van der Waals surface area contributed by atoms with Gasteiger partial charge in [0.15, 0.2) is 11.5 Å². The Labute approximate surface area is 142 Å². The second-order valence-corrected chi connectivity index (χ2v) is 6.01. The Morgan fingerprint density at radius 1 is 1.29 bits per heavy atom. The maximum atomic E-state index is 12.7. The zero-order valence-electron chi connectivity index (χ0n) is 14.1. The molecule has 24 heavy (non-hydrogen) atoms. The van der Waals surface area contributed by atoms with E-state index in [-0.39, 0.29) is 5.91 Å². The topological polar surface area (TPSA) is 56.6 Å². The molecule has 0 saturated carbocycles. The molecule has 1 aliphatic heterocycles. The predicted molar refractivity (Wildman–Crippen MR) is 90.3 cm³/mol. The van der Waals surface area contributed by atoms with Gasteiger partial charge in [0.2, 0.25) is 5.91 Å². The average molecular weight is 329 g/mol. The molecule has 6 nitrogen and oxygen atoms in total. The molecule has 1 fully saturated rings. The van der Waals surface area contributed by atoms with E-state index >= 15 is 0 Å². The summed E-state index contributed by atoms with van der Waals surface area (Å²) in [5.41, 5.74) is 0.933. The summed E-state index contributed by atoms with van der Waals surface area (Å²) in [6.45, 7) is 1.56. The number of aromatic nitrogens is 2. The van der Waals surface area contributed by atoms with Crippen molar-refractivity contribution in [3.8, 4) is 11.5 Å². The second kappa shape index (κ2) is 7.38. The molecule has 2 heterocycles. The molecule has 1 amide bonds. The highest BCUT2D eigenvalue weighted by atomic mass is 16.5. The lowest BCUT2D eigenvalue weighted by Crippen LogP contribution is -2.41. The van der Waals surface area contributed by atoms with Crippen LogP contribution in [0.25, 0.3) is 0 Å². The van der Waals surface area contributed by atoms with Crippen LogP contribution < -0.4 is 9.47 Å². The number of nitrogens with zero attached hydrogens (tertiary/aromatic N) is 3. The molecule has 0 bridgehead atoms. The number of ether oxygens (including phenoxy) is 2. The van der Waals surface area contributed by atoms with Crippen molar-refractivity contribution in [3.05, 3.63) is 42.5 Å². The number of likely N-dealkylation sites (tertiary alicyclic amines) is 1. The van der Waals surface area contributed by atoms with Crippen LogP contribution in [0.5, 0.6) is 11.5 Å². The third-order valence-electron chi connectivity index (χ3n) is 4.50. The van der Waals surface area contributed by atoms with Crippen LogP contribution in [0.3, 0.4) is 0 Å². The summed E-state index contributed by atoms with van der Waals surface area (Å²) < 4.78 is 12.6. The van der Waals surface area contributed by atoms with E-state index in [1.54, 1.807) is 20.4 Å². The van der Waals surface area contributed by atoms with Crippen LogP contribution >= 0.6 is 0 Å². The third kappa shape index (κ3) is 3.53. The van der Waals surface area contributed by atoms with Crippen LogP contribution in [0.15, 0.2) is 36.9 Å². The van der Waals surface area contributed by atoms with Gasteiger partial charge in [-0.3, -0.25) is 4.79 Å². The van der Waals surface area contributed by atoms with Gasteiger partial charge in [-0.2, -0.15) is 0 Å². The Hall–Kier alpha value is -2.50. The van der Waals surface area contributed by atoms with Crippen molar-refractivity contribution < 1.29 is 14.3 Å². The Morgan fingerprint density at radius 3 is 2.83 bits per heavy atom. The van der Waals surface area contributed by atoms with Gasteiger partial charge in [0.1, 0.15) is 0 Å². The maximum absolute atomic E-state index is 12.7. The molecular formula is C18H23N3O3. The summed E-state index contributed by atoms with van der Waals surface area (Å²) in [7, 11) is 3.20. The Bertz CT molecular complexity index is 685. The molecule has 0 N–H and O–H groups in total. The number of benzene rings is 1. The van der Waals surface area contributed by atoms with Crippen molar-refractivity contribution >= 4 is 5.91 Å². The van der Waals surface area contributed by atoms with Gasteiger partial charge >= 0.3 is 0 Å². The normalized spacial score (nSPS) is 17.6. The van der Waals surface area contributed by atoms with Gasteiger partial charge in [-0.1, -0.05) is 6.07 Å². The van der Waals surface area contributed by atoms with Crippen LogP contribution in [0.1, 0.15) is 24.4 Å². The van der Waals surface area contributed by atoms with Crippen molar-refractivity contribution in [2.24, 2.45) is 0 Å². The van der Waals surface area contributed by atoms with Crippen molar-refractivity contribution in [2.75, 3.05) is 27.3 Å². The van der Waals surface area contributed by atoms with E-state index in [9.17, 15) is 4.79 Å². The highest BCUT2D eigenvalue weighted by molar-refractivity contribution is 5.79. The van der Waals surface area contributed by atoms with Gasteiger partial charge in [-0.15, -0.1) is 0 Å². The highest BCUT2D eigenvalue weighted by Crippen LogP contribution is 2.28. The smallest absolute Gasteiger partial charge is 0.227 e. The van der Waals surface area contributed by atoms with E-state index in [2.05, 4.69) is 9.55 Å². The molecule has 6 heteroatoms. The minimum atomic E-state index is 0.145. The largest absolute Gasteiger partial charge is 0.493 e. The van der Waals surface area contributed by atoms with Gasteiger partial charge in [0.25, 0.3) is 0 Å². The fourth-order valence-corrected chi connectivity index (χ4v) is 3.19. The van der Waals surface area contributed by atoms with Gasteiger partial charge < -0.3 is 18.9 Å². The van der Waals surface area contributed by atoms with Crippen molar-refractivity contribution in [1.29, 1.82) is 0 Å². The summed E-state index contributed by atoms with van der Waals surface area (Å²) in [4.78, 5) is 18.7. The summed E-state index contributed by atoms with van der Waals surface area (Å²) in [5, 5.41) is 0. The Kier molecular flexibility index (Phi) is 5.03. The van der Waals surface area contributed by atoms with E-state index in [1.165, 1.54) is 0 Å². The van der Waals surface area contributed by atoms with Gasteiger partial charge in [-0.05, 0) is 30.5 Å². The predicted octanol–water partition coefficient (Wildman–Crippen LogP) is 2.31. The number of rotatable bonds is 5. The second-order valence-electron chi connectivity index (χ2n) is 6.01. The number of carbonyl (C=O) groups is 1. The summed E-state index contributed by atoms with van der Waals surface area (Å²) in [6, 6.07) is 5.94. The minimum Gasteiger partial charge on any atom is -0.493 e. The van der Waals surface area contributed by atoms with E-state index in [1.807, 2.05) is 35.6 Å². The third-order valence-corrected chi connectivity index (χ3v) is 4.50. The molecule has 128 valence electrons. The summed E-state index contributed by atoms with van der Waals surface area (Å²) in [6.07, 6.45) is 8.04. The lowest BCUT2D eigenvalue weighted by molar-refractivity contribution is -0.132. The zero-order valence-corrected chi connectivity index (χ0v) is 14.1. The molecule has 3 rings (SSSR count). The minimum absolute atomic E-state index is 0.145. The van der Waals surface area contributed by atoms with Crippen LogP contribution in [-0.4, -0.2) is 47.7 Å². The highest BCUT2D eigenvalue weighted by Gasteiger charge is 2.24. The first-order valence-corrected chi connectivity index (χ1v) is 8.17. The maximum Gasteiger partial charge on any atom is 0.227 e. The molecular weight excluding hydrogens is 306 g/mol. The van der Waals surface area contributed by atoms with Crippen molar-refractivity contribution in [2.45, 2.75) is 25.3 Å². The number of carbonyl (C=O) groups excluding carboxylic acids is 1.